The second-order valence-electron chi connectivity index (χ2n) is 7.31. The zero-order valence-corrected chi connectivity index (χ0v) is 17.0. The highest BCUT2D eigenvalue weighted by Crippen LogP contribution is 2.42. The number of ketones is 1. The minimum atomic E-state index is -0.312. The van der Waals surface area contributed by atoms with Crippen LogP contribution >= 0.6 is 11.8 Å². The number of carbonyl (C=O) groups is 1. The maximum Gasteiger partial charge on any atom is 0.192 e. The number of halogens is 1. The fourth-order valence-electron chi connectivity index (χ4n) is 3.19. The quantitative estimate of drug-likeness (QED) is 0.414. The molecule has 0 N–H and O–H groups in total. The highest BCUT2D eigenvalue weighted by Gasteiger charge is 2.32. The second-order valence-corrected chi connectivity index (χ2v) is 8.62. The van der Waals surface area contributed by atoms with Crippen molar-refractivity contribution < 1.29 is 9.18 Å². The number of rotatable bonds is 6. The van der Waals surface area contributed by atoms with Crippen LogP contribution in [0.2, 0.25) is 0 Å². The van der Waals surface area contributed by atoms with Gasteiger partial charge in [-0.25, -0.2) is 4.39 Å². The molecule has 0 amide bonds. The predicted molar refractivity (Wildman–Crippen MR) is 109 cm³/mol. The van der Waals surface area contributed by atoms with Gasteiger partial charge in [0.25, 0.3) is 0 Å². The van der Waals surface area contributed by atoms with Crippen molar-refractivity contribution in [2.24, 2.45) is 0 Å². The van der Waals surface area contributed by atoms with Crippen molar-refractivity contribution in [3.63, 3.8) is 0 Å². The Bertz CT molecular complexity index is 1040. The third kappa shape index (κ3) is 3.61. The largest absolute Gasteiger partial charge is 0.299 e. The molecule has 0 saturated heterocycles. The topological polar surface area (TPSA) is 47.8 Å². The monoisotopic (exact) mass is 395 g/mol. The lowest BCUT2D eigenvalue weighted by Crippen LogP contribution is -2.15. The molecule has 4 rings (SSSR count). The summed E-state index contributed by atoms with van der Waals surface area (Å²) in [6.07, 6.45) is 2.04. The third-order valence-electron chi connectivity index (χ3n) is 5.13. The highest BCUT2D eigenvalue weighted by molar-refractivity contribution is 8.00. The van der Waals surface area contributed by atoms with Crippen molar-refractivity contribution in [1.29, 1.82) is 0 Å². The van der Waals surface area contributed by atoms with Crippen LogP contribution in [0.5, 0.6) is 0 Å². The van der Waals surface area contributed by atoms with Crippen LogP contribution in [0.3, 0.4) is 0 Å². The van der Waals surface area contributed by atoms with Crippen LogP contribution in [0.15, 0.2) is 47.6 Å². The van der Waals surface area contributed by atoms with Crippen LogP contribution in [0.25, 0.3) is 11.4 Å². The van der Waals surface area contributed by atoms with E-state index in [4.69, 9.17) is 0 Å². The van der Waals surface area contributed by atoms with E-state index >= 15 is 0 Å². The molecule has 2 aromatic carbocycles. The minimum absolute atomic E-state index is 0.0610. The first-order valence-corrected chi connectivity index (χ1v) is 10.3. The number of hydrogen-bond acceptors (Lipinski definition) is 4. The Balaban J connectivity index is 1.62. The van der Waals surface area contributed by atoms with Crippen molar-refractivity contribution in [3.05, 3.63) is 65.0 Å². The number of aryl methyl sites for hydroxylation is 2. The van der Waals surface area contributed by atoms with Gasteiger partial charge >= 0.3 is 0 Å². The van der Waals surface area contributed by atoms with Gasteiger partial charge in [0.2, 0.25) is 0 Å². The zero-order chi connectivity index (χ0) is 19.8. The Labute approximate surface area is 168 Å². The summed E-state index contributed by atoms with van der Waals surface area (Å²) in [5.41, 5.74) is 3.42. The number of benzene rings is 2. The normalized spacial score (nSPS) is 14.9. The number of aromatic nitrogens is 3. The molecule has 0 spiro atoms. The SMILES string of the molecule is Cc1ccc(C(=O)C(C)Sc2nnc(-c3ccccc3F)n2C2CC2)cc1C. The van der Waals surface area contributed by atoms with Gasteiger partial charge in [0, 0.05) is 11.6 Å². The molecule has 1 aliphatic rings. The Morgan fingerprint density at radius 3 is 2.57 bits per heavy atom. The molecule has 28 heavy (non-hydrogen) atoms. The summed E-state index contributed by atoms with van der Waals surface area (Å²) in [5, 5.41) is 8.92. The summed E-state index contributed by atoms with van der Waals surface area (Å²) in [6.45, 7) is 5.93. The van der Waals surface area contributed by atoms with Gasteiger partial charge in [0.15, 0.2) is 16.8 Å². The average molecular weight is 396 g/mol. The van der Waals surface area contributed by atoms with Crippen molar-refractivity contribution in [1.82, 2.24) is 14.8 Å². The van der Waals surface area contributed by atoms with E-state index in [2.05, 4.69) is 10.2 Å². The maximum atomic E-state index is 14.3. The molecule has 6 heteroatoms. The lowest BCUT2D eigenvalue weighted by Gasteiger charge is -2.13. The molecule has 4 nitrogen and oxygen atoms in total. The van der Waals surface area contributed by atoms with Crippen molar-refractivity contribution in [2.45, 2.75) is 50.1 Å². The first-order valence-electron chi connectivity index (χ1n) is 9.43. The fraction of sp³-hybridized carbons (Fsp3) is 0.318. The molecule has 0 bridgehead atoms. The van der Waals surface area contributed by atoms with E-state index in [9.17, 15) is 9.18 Å². The number of thioether (sulfide) groups is 1. The first-order chi connectivity index (χ1) is 13.5. The van der Waals surface area contributed by atoms with Crippen molar-refractivity contribution in [2.75, 3.05) is 0 Å². The molecular formula is C22H22FN3OS. The van der Waals surface area contributed by atoms with E-state index in [1.165, 1.54) is 23.4 Å². The summed E-state index contributed by atoms with van der Waals surface area (Å²) < 4.78 is 16.3. The van der Waals surface area contributed by atoms with Gasteiger partial charge < -0.3 is 0 Å². The fourth-order valence-corrected chi connectivity index (χ4v) is 4.18. The van der Waals surface area contributed by atoms with E-state index in [-0.39, 0.29) is 22.9 Å². The summed E-state index contributed by atoms with van der Waals surface area (Å²) in [7, 11) is 0. The Hall–Kier alpha value is -2.47. The van der Waals surface area contributed by atoms with Gasteiger partial charge in [-0.05, 0) is 62.9 Å². The lowest BCUT2D eigenvalue weighted by atomic mass is 10.0. The first kappa shape index (κ1) is 18.9. The number of nitrogens with zero attached hydrogens (tertiary/aromatic N) is 3. The average Bonchev–Trinajstić information content (AvgIpc) is 3.44. The van der Waals surface area contributed by atoms with Gasteiger partial charge in [-0.2, -0.15) is 0 Å². The van der Waals surface area contributed by atoms with Crippen LogP contribution in [0.4, 0.5) is 4.39 Å². The molecule has 1 fully saturated rings. The maximum absolute atomic E-state index is 14.3. The van der Waals surface area contributed by atoms with Crippen LogP contribution < -0.4 is 0 Å². The summed E-state index contributed by atoms with van der Waals surface area (Å²) in [4.78, 5) is 12.9. The van der Waals surface area contributed by atoms with Gasteiger partial charge in [-0.3, -0.25) is 9.36 Å². The number of Topliss-reactive ketones (excluding diaryl/α,β-unsaturated/α-hetero) is 1. The second kappa shape index (κ2) is 7.51. The molecule has 1 unspecified atom stereocenters. The van der Waals surface area contributed by atoms with Crippen LogP contribution in [-0.2, 0) is 0 Å². The molecule has 144 valence electrons. The van der Waals surface area contributed by atoms with Crippen LogP contribution in [0.1, 0.15) is 47.3 Å². The molecule has 0 aliphatic heterocycles. The van der Waals surface area contributed by atoms with Gasteiger partial charge in [0.1, 0.15) is 5.82 Å². The molecule has 1 saturated carbocycles. The van der Waals surface area contributed by atoms with Gasteiger partial charge in [-0.15, -0.1) is 10.2 Å². The van der Waals surface area contributed by atoms with Gasteiger partial charge in [0.05, 0.1) is 10.8 Å². The summed E-state index contributed by atoms with van der Waals surface area (Å²) in [6, 6.07) is 12.7. The zero-order valence-electron chi connectivity index (χ0n) is 16.1. The van der Waals surface area contributed by atoms with E-state index in [1.807, 2.05) is 43.5 Å². The van der Waals surface area contributed by atoms with E-state index in [1.54, 1.807) is 18.2 Å². The highest BCUT2D eigenvalue weighted by atomic mass is 32.2. The Morgan fingerprint density at radius 1 is 1.14 bits per heavy atom. The van der Waals surface area contributed by atoms with Crippen molar-refractivity contribution >= 4 is 17.5 Å². The standard InChI is InChI=1S/C22H22FN3OS/c1-13-8-9-16(12-14(13)2)20(27)15(3)28-22-25-24-21(26(22)17-10-11-17)18-6-4-5-7-19(18)23/h4-9,12,15,17H,10-11H2,1-3H3. The Morgan fingerprint density at radius 2 is 1.89 bits per heavy atom. The number of carbonyl (C=O) groups excluding carboxylic acids is 1. The predicted octanol–water partition coefficient (Wildman–Crippen LogP) is 5.40. The molecule has 1 aromatic heterocycles. The van der Waals surface area contributed by atoms with E-state index < -0.39 is 0 Å². The van der Waals surface area contributed by atoms with E-state index in [0.717, 1.165) is 18.4 Å². The molecule has 1 atom stereocenters. The molecule has 0 radical (unpaired) electrons. The van der Waals surface area contributed by atoms with Crippen LogP contribution in [-0.4, -0.2) is 25.8 Å². The Kier molecular flexibility index (Phi) is 5.06. The van der Waals surface area contributed by atoms with Gasteiger partial charge in [-0.1, -0.05) is 36.0 Å². The minimum Gasteiger partial charge on any atom is -0.299 e. The smallest absolute Gasteiger partial charge is 0.192 e. The number of hydrogen-bond donors (Lipinski definition) is 0. The third-order valence-corrected chi connectivity index (χ3v) is 6.19. The molecule has 3 aromatic rings. The molecular weight excluding hydrogens is 373 g/mol. The van der Waals surface area contributed by atoms with Crippen molar-refractivity contribution in [3.8, 4) is 11.4 Å². The van der Waals surface area contributed by atoms with E-state index in [0.29, 0.717) is 22.1 Å². The molecule has 1 heterocycles. The van der Waals surface area contributed by atoms with Crippen LogP contribution in [0, 0.1) is 19.7 Å². The summed E-state index contributed by atoms with van der Waals surface area (Å²) >= 11 is 1.39. The lowest BCUT2D eigenvalue weighted by molar-refractivity contribution is 0.0993. The molecule has 1 aliphatic carbocycles. The summed E-state index contributed by atoms with van der Waals surface area (Å²) in [5.74, 6) is 0.285.